The third-order valence-electron chi connectivity index (χ3n) is 7.62. The molecule has 0 amide bonds. The molecule has 0 saturated carbocycles. The maximum absolute atomic E-state index is 15.9. The lowest BCUT2D eigenvalue weighted by atomic mass is 10.1. The van der Waals surface area contributed by atoms with Crippen molar-refractivity contribution in [2.24, 2.45) is 0 Å². The summed E-state index contributed by atoms with van der Waals surface area (Å²) in [5.41, 5.74) is 0. The molecule has 6 rings (SSSR count). The van der Waals surface area contributed by atoms with Crippen molar-refractivity contribution in [1.29, 1.82) is 0 Å². The number of benzene rings is 6. The Bertz CT molecular complexity index is 2340. The number of hydrogen-bond donors (Lipinski definition) is 0. The average molecular weight is 790 g/mol. The molecule has 0 aromatic heterocycles. The summed E-state index contributed by atoms with van der Waals surface area (Å²) in [5.74, 6) is -66.4. The quantitative estimate of drug-likeness (QED) is 0.0726. The smallest absolute Gasteiger partial charge is 0.198 e. The molecule has 6 aromatic rings. The number of halogens is 21. The summed E-state index contributed by atoms with van der Waals surface area (Å²) in [4.78, 5) is 0. The lowest BCUT2D eigenvalue weighted by molar-refractivity contribution is 0.411. The Morgan fingerprint density at radius 1 is 0.154 bits per heavy atom. The van der Waals surface area contributed by atoms with E-state index in [4.69, 9.17) is 0 Å². The minimum Gasteiger partial charge on any atom is -0.203 e. The van der Waals surface area contributed by atoms with Crippen LogP contribution in [0.25, 0.3) is 32.3 Å². The Kier molecular flexibility index (Phi) is 8.54. The van der Waals surface area contributed by atoms with Crippen molar-refractivity contribution in [3.8, 4) is 0 Å². The van der Waals surface area contributed by atoms with Crippen molar-refractivity contribution in [2.75, 3.05) is 0 Å². The van der Waals surface area contributed by atoms with Crippen molar-refractivity contribution in [3.63, 3.8) is 0 Å². The van der Waals surface area contributed by atoms with Gasteiger partial charge in [0.15, 0.2) is 122 Å². The highest BCUT2D eigenvalue weighted by molar-refractivity contribution is 7.81. The van der Waals surface area contributed by atoms with Gasteiger partial charge in [0.05, 0.1) is 16.2 Å². The van der Waals surface area contributed by atoms with E-state index < -0.39 is 178 Å². The summed E-state index contributed by atoms with van der Waals surface area (Å²) in [6.07, 6.45) is 0. The molecule has 0 aliphatic carbocycles. The van der Waals surface area contributed by atoms with Gasteiger partial charge >= 0.3 is 0 Å². The second kappa shape index (κ2) is 12.1. The first-order chi connectivity index (χ1) is 24.1. The maximum Gasteiger partial charge on any atom is 0.198 e. The Labute approximate surface area is 271 Å². The monoisotopic (exact) mass is 790 g/mol. The molecule has 6 aromatic carbocycles. The predicted molar refractivity (Wildman–Crippen MR) is 137 cm³/mol. The summed E-state index contributed by atoms with van der Waals surface area (Å²) in [6.45, 7) is 0. The van der Waals surface area contributed by atoms with Crippen LogP contribution < -0.4 is 15.9 Å². The fourth-order valence-corrected chi connectivity index (χ4v) is 8.26. The van der Waals surface area contributed by atoms with E-state index in [0.29, 0.717) is 0 Å². The number of hydrogen-bond acceptors (Lipinski definition) is 0. The van der Waals surface area contributed by atoms with Gasteiger partial charge in [-0.1, -0.05) is 0 Å². The number of fused-ring (bicyclic) bond motifs is 3. The van der Waals surface area contributed by atoms with Crippen molar-refractivity contribution < 1.29 is 92.2 Å². The van der Waals surface area contributed by atoms with Gasteiger partial charge in [-0.3, -0.25) is 0 Å². The highest BCUT2D eigenvalue weighted by atomic mass is 31.1. The van der Waals surface area contributed by atoms with E-state index in [1.54, 1.807) is 0 Å². The van der Waals surface area contributed by atoms with Gasteiger partial charge in [0, 0.05) is 32.1 Å². The first-order valence-electron chi connectivity index (χ1n) is 12.9. The molecule has 0 aliphatic rings. The molecule has 0 fully saturated rings. The first-order valence-corrected chi connectivity index (χ1v) is 14.2. The second-order valence-corrected chi connectivity index (χ2v) is 12.2. The molecule has 272 valence electrons. The van der Waals surface area contributed by atoms with Gasteiger partial charge in [0.25, 0.3) is 0 Å². The largest absolute Gasteiger partial charge is 0.203 e. The molecule has 0 N–H and O–H groups in total. The molecule has 0 aliphatic heterocycles. The van der Waals surface area contributed by atoms with Crippen molar-refractivity contribution in [1.82, 2.24) is 0 Å². The van der Waals surface area contributed by atoms with Crippen molar-refractivity contribution >= 4 is 56.2 Å². The van der Waals surface area contributed by atoms with Crippen LogP contribution in [-0.2, 0) is 0 Å². The van der Waals surface area contributed by atoms with Crippen LogP contribution in [0.15, 0.2) is 0 Å². The zero-order valence-corrected chi connectivity index (χ0v) is 24.3. The predicted octanol–water partition coefficient (Wildman–Crippen LogP) is 9.83. The molecular weight excluding hydrogens is 790 g/mol. The van der Waals surface area contributed by atoms with Crippen molar-refractivity contribution in [2.45, 2.75) is 0 Å². The molecule has 0 radical (unpaired) electrons. The third kappa shape index (κ3) is 4.52. The average Bonchev–Trinajstić information content (AvgIpc) is 3.11. The van der Waals surface area contributed by atoms with Crippen LogP contribution in [0.1, 0.15) is 0 Å². The molecule has 0 saturated heterocycles. The second-order valence-electron chi connectivity index (χ2n) is 10.2. The standard InChI is InChI=1S/C30F21P/c31-7-1-4(13(37)19(43)16(7)40)28(25(49)22(46)10(1)34)52(29-5-2(11(35)23(47)26(29)50)8(32)17(41)20(44)14(5)38)30-6-3(12(36)24(48)27(30)51)9(33)18(42)21(45)15(6)39. The Balaban J connectivity index is 2.10. The topological polar surface area (TPSA) is 0 Å². The molecule has 0 atom stereocenters. The Hall–Kier alpha value is -4.94. The van der Waals surface area contributed by atoms with E-state index in [-0.39, 0.29) is 0 Å². The van der Waals surface area contributed by atoms with Gasteiger partial charge in [-0.05, 0) is 7.92 Å². The normalized spacial score (nSPS) is 12.1. The highest BCUT2D eigenvalue weighted by Gasteiger charge is 2.43. The van der Waals surface area contributed by atoms with E-state index in [1.165, 1.54) is 0 Å². The van der Waals surface area contributed by atoms with Gasteiger partial charge in [-0.2, -0.15) is 0 Å². The van der Waals surface area contributed by atoms with Crippen LogP contribution >= 0.6 is 7.92 Å². The zero-order valence-electron chi connectivity index (χ0n) is 23.4. The lowest BCUT2D eigenvalue weighted by Crippen LogP contribution is -2.33. The molecule has 0 bridgehead atoms. The molecule has 22 heteroatoms. The molecule has 0 unspecified atom stereocenters. The van der Waals surface area contributed by atoms with Gasteiger partial charge in [0.1, 0.15) is 0 Å². The van der Waals surface area contributed by atoms with Crippen LogP contribution in [0.5, 0.6) is 0 Å². The van der Waals surface area contributed by atoms with Gasteiger partial charge in [0.2, 0.25) is 0 Å². The molecular formula is C30F21P. The van der Waals surface area contributed by atoms with Crippen LogP contribution in [0.2, 0.25) is 0 Å². The van der Waals surface area contributed by atoms with Crippen LogP contribution in [0.4, 0.5) is 92.2 Å². The Morgan fingerprint density at radius 3 is 0.462 bits per heavy atom. The van der Waals surface area contributed by atoms with Crippen molar-refractivity contribution in [3.05, 3.63) is 122 Å². The SMILES string of the molecule is Fc1c(F)c(F)c2c(P(c3c(F)c(F)c(F)c4c(F)c(F)c(F)c(F)c34)c3c(F)c(F)c(F)c4c(F)c(F)c(F)c(F)c34)c(F)c(F)c(F)c2c1F. The lowest BCUT2D eigenvalue weighted by Gasteiger charge is -2.27. The van der Waals surface area contributed by atoms with Gasteiger partial charge in [-0.25, -0.2) is 92.2 Å². The van der Waals surface area contributed by atoms with E-state index in [0.717, 1.165) is 0 Å². The maximum atomic E-state index is 15.9. The van der Waals surface area contributed by atoms with E-state index in [9.17, 15) is 52.7 Å². The van der Waals surface area contributed by atoms with E-state index >= 15 is 39.5 Å². The van der Waals surface area contributed by atoms with Crippen LogP contribution in [0.3, 0.4) is 0 Å². The molecule has 0 spiro atoms. The highest BCUT2D eigenvalue weighted by Crippen LogP contribution is 2.48. The van der Waals surface area contributed by atoms with Gasteiger partial charge < -0.3 is 0 Å². The summed E-state index contributed by atoms with van der Waals surface area (Å²) >= 11 is 0. The fraction of sp³-hybridized carbons (Fsp3) is 0. The minimum absolute atomic E-state index is 2.65. The van der Waals surface area contributed by atoms with E-state index in [2.05, 4.69) is 0 Å². The number of rotatable bonds is 3. The van der Waals surface area contributed by atoms with Gasteiger partial charge in [-0.15, -0.1) is 0 Å². The summed E-state index contributed by atoms with van der Waals surface area (Å²) in [6, 6.07) is 0. The van der Waals surface area contributed by atoms with Crippen LogP contribution in [-0.4, -0.2) is 0 Å². The van der Waals surface area contributed by atoms with Crippen LogP contribution in [0, 0.1) is 122 Å². The Morgan fingerprint density at radius 2 is 0.288 bits per heavy atom. The summed E-state index contributed by atoms with van der Waals surface area (Å²) < 4.78 is 315. The molecule has 0 nitrogen and oxygen atoms in total. The third-order valence-corrected chi connectivity index (χ3v) is 10.2. The molecule has 52 heavy (non-hydrogen) atoms. The summed E-state index contributed by atoms with van der Waals surface area (Å²) in [5, 5.41) is -24.4. The zero-order chi connectivity index (χ0) is 38.9. The summed E-state index contributed by atoms with van der Waals surface area (Å²) in [7, 11) is -5.48. The molecule has 0 heterocycles. The fourth-order valence-electron chi connectivity index (χ4n) is 5.41. The van der Waals surface area contributed by atoms with E-state index in [1.807, 2.05) is 0 Å². The minimum atomic E-state index is -5.48. The first kappa shape index (κ1) is 36.8.